The molecule has 1 saturated carbocycles. The van der Waals surface area contributed by atoms with Gasteiger partial charge in [0.15, 0.2) is 0 Å². The van der Waals surface area contributed by atoms with Crippen molar-refractivity contribution in [3.63, 3.8) is 0 Å². The highest BCUT2D eigenvalue weighted by molar-refractivity contribution is 5.74. The van der Waals surface area contributed by atoms with Crippen LogP contribution in [0.2, 0.25) is 0 Å². The Hall–Kier alpha value is -2.40. The highest BCUT2D eigenvalue weighted by Crippen LogP contribution is 2.38. The Bertz CT molecular complexity index is 731. The molecule has 130 valence electrons. The zero-order chi connectivity index (χ0) is 17.1. The Labute approximate surface area is 147 Å². The van der Waals surface area contributed by atoms with E-state index in [4.69, 9.17) is 4.74 Å². The maximum atomic E-state index is 12.2. The average Bonchev–Trinajstić information content (AvgIpc) is 3.40. The Morgan fingerprint density at radius 3 is 2.88 bits per heavy atom. The first-order chi connectivity index (χ1) is 12.3. The lowest BCUT2D eigenvalue weighted by Gasteiger charge is -2.19. The zero-order valence-electron chi connectivity index (χ0n) is 14.2. The van der Waals surface area contributed by atoms with Gasteiger partial charge in [0.1, 0.15) is 0 Å². The summed E-state index contributed by atoms with van der Waals surface area (Å²) in [6.07, 6.45) is 5.35. The molecule has 2 fully saturated rings. The summed E-state index contributed by atoms with van der Waals surface area (Å²) in [6.45, 7) is 1.24. The predicted octanol–water partition coefficient (Wildman–Crippen LogP) is 3.12. The van der Waals surface area contributed by atoms with E-state index < -0.39 is 0 Å². The van der Waals surface area contributed by atoms with Gasteiger partial charge >= 0.3 is 6.03 Å². The van der Waals surface area contributed by atoms with Crippen LogP contribution in [-0.4, -0.2) is 29.8 Å². The highest BCUT2D eigenvalue weighted by atomic mass is 16.5. The molecule has 0 bridgehead atoms. The number of aromatic nitrogens is 1. The van der Waals surface area contributed by atoms with Crippen LogP contribution in [0.25, 0.3) is 11.3 Å². The number of hydrogen-bond acceptors (Lipinski definition) is 3. The van der Waals surface area contributed by atoms with E-state index in [-0.39, 0.29) is 18.2 Å². The van der Waals surface area contributed by atoms with Crippen molar-refractivity contribution in [1.29, 1.82) is 0 Å². The molecule has 2 amide bonds. The number of carbonyl (C=O) groups is 1. The second-order valence-corrected chi connectivity index (χ2v) is 6.81. The van der Waals surface area contributed by atoms with Gasteiger partial charge in [-0.3, -0.25) is 4.98 Å². The molecule has 0 unspecified atom stereocenters. The lowest BCUT2D eigenvalue weighted by molar-refractivity contribution is 0.0825. The number of nitrogens with zero attached hydrogens (tertiary/aromatic N) is 1. The molecule has 5 nitrogen and oxygen atoms in total. The molecule has 1 aliphatic carbocycles. The fourth-order valence-corrected chi connectivity index (χ4v) is 3.43. The van der Waals surface area contributed by atoms with Gasteiger partial charge in [0.2, 0.25) is 0 Å². The van der Waals surface area contributed by atoms with Crippen molar-refractivity contribution in [2.24, 2.45) is 5.92 Å². The lowest BCUT2D eigenvalue weighted by Crippen LogP contribution is -2.46. The summed E-state index contributed by atoms with van der Waals surface area (Å²) >= 11 is 0. The van der Waals surface area contributed by atoms with Crippen LogP contribution in [0.4, 0.5) is 4.79 Å². The van der Waals surface area contributed by atoms with Crippen LogP contribution in [-0.2, 0) is 11.3 Å². The van der Waals surface area contributed by atoms with Crippen molar-refractivity contribution in [3.8, 4) is 11.3 Å². The molecule has 25 heavy (non-hydrogen) atoms. The minimum absolute atomic E-state index is 0.121. The second kappa shape index (κ2) is 7.23. The Morgan fingerprint density at radius 2 is 2.08 bits per heavy atom. The molecule has 1 aromatic heterocycles. The molecule has 5 heteroatoms. The molecule has 1 saturated heterocycles. The first-order valence-electron chi connectivity index (χ1n) is 8.96. The highest BCUT2D eigenvalue weighted by Gasteiger charge is 2.41. The van der Waals surface area contributed by atoms with Crippen LogP contribution in [0.15, 0.2) is 48.7 Å². The van der Waals surface area contributed by atoms with Gasteiger partial charge < -0.3 is 15.4 Å². The molecule has 2 heterocycles. The third kappa shape index (κ3) is 3.99. The van der Waals surface area contributed by atoms with Gasteiger partial charge in [0.25, 0.3) is 0 Å². The topological polar surface area (TPSA) is 63.2 Å². The molecular formula is C20H23N3O2. The monoisotopic (exact) mass is 337 g/mol. The number of nitrogens with one attached hydrogen (secondary N) is 2. The maximum Gasteiger partial charge on any atom is 0.315 e. The van der Waals surface area contributed by atoms with E-state index in [1.807, 2.05) is 36.4 Å². The second-order valence-electron chi connectivity index (χ2n) is 6.81. The standard InChI is InChI=1S/C20H23N3O2/c24-20(23-18-9-11-25-19(18)15-7-8-15)22-13-14-4-3-5-16(12-14)17-6-1-2-10-21-17/h1-6,10,12,15,18-19H,7-9,11,13H2,(H2,22,23,24)/t18-,19+/m1/s1. The third-order valence-electron chi connectivity index (χ3n) is 4.88. The van der Waals surface area contributed by atoms with Gasteiger partial charge in [-0.2, -0.15) is 0 Å². The Balaban J connectivity index is 1.33. The summed E-state index contributed by atoms with van der Waals surface area (Å²) in [5.41, 5.74) is 3.04. The van der Waals surface area contributed by atoms with Gasteiger partial charge in [-0.05, 0) is 48.9 Å². The van der Waals surface area contributed by atoms with Crippen molar-refractivity contribution in [2.45, 2.75) is 38.0 Å². The molecule has 1 aliphatic heterocycles. The molecule has 2 N–H and O–H groups in total. The number of benzene rings is 1. The van der Waals surface area contributed by atoms with Crippen LogP contribution in [0.3, 0.4) is 0 Å². The van der Waals surface area contributed by atoms with Crippen LogP contribution >= 0.6 is 0 Å². The number of urea groups is 1. The molecule has 2 aliphatic rings. The maximum absolute atomic E-state index is 12.2. The fraction of sp³-hybridized carbons (Fsp3) is 0.400. The first kappa shape index (κ1) is 16.1. The van der Waals surface area contributed by atoms with Crippen molar-refractivity contribution in [1.82, 2.24) is 15.6 Å². The van der Waals surface area contributed by atoms with Crippen molar-refractivity contribution >= 4 is 6.03 Å². The van der Waals surface area contributed by atoms with E-state index in [1.165, 1.54) is 12.8 Å². The summed E-state index contributed by atoms with van der Waals surface area (Å²) in [4.78, 5) is 16.6. The number of pyridine rings is 1. The average molecular weight is 337 g/mol. The third-order valence-corrected chi connectivity index (χ3v) is 4.88. The van der Waals surface area contributed by atoms with E-state index in [0.29, 0.717) is 12.5 Å². The molecule has 0 spiro atoms. The molecule has 2 aromatic rings. The summed E-state index contributed by atoms with van der Waals surface area (Å²) in [6, 6.07) is 14.0. The van der Waals surface area contributed by atoms with Crippen LogP contribution in [0.5, 0.6) is 0 Å². The lowest BCUT2D eigenvalue weighted by atomic mass is 10.1. The predicted molar refractivity (Wildman–Crippen MR) is 95.9 cm³/mol. The molecule has 4 rings (SSSR count). The Kier molecular flexibility index (Phi) is 4.65. The van der Waals surface area contributed by atoms with Gasteiger partial charge in [-0.1, -0.05) is 24.3 Å². The minimum atomic E-state index is -0.121. The normalized spacial score (nSPS) is 22.6. The number of ether oxygens (including phenoxy) is 1. The Morgan fingerprint density at radius 1 is 1.16 bits per heavy atom. The van der Waals surface area contributed by atoms with Crippen molar-refractivity contribution in [2.75, 3.05) is 6.61 Å². The van der Waals surface area contributed by atoms with Gasteiger partial charge in [0, 0.05) is 24.9 Å². The van der Waals surface area contributed by atoms with Gasteiger partial charge in [-0.25, -0.2) is 4.79 Å². The minimum Gasteiger partial charge on any atom is -0.376 e. The number of carbonyl (C=O) groups excluding carboxylic acids is 1. The summed E-state index contributed by atoms with van der Waals surface area (Å²) in [5, 5.41) is 6.04. The molecule has 0 radical (unpaired) electrons. The van der Waals surface area contributed by atoms with Gasteiger partial charge in [0.05, 0.1) is 17.8 Å². The fourth-order valence-electron chi connectivity index (χ4n) is 3.43. The van der Waals surface area contributed by atoms with E-state index in [0.717, 1.165) is 29.8 Å². The number of hydrogen-bond donors (Lipinski definition) is 2. The summed E-state index contributed by atoms with van der Waals surface area (Å²) in [7, 11) is 0. The smallest absolute Gasteiger partial charge is 0.315 e. The van der Waals surface area contributed by atoms with Crippen molar-refractivity contribution < 1.29 is 9.53 Å². The van der Waals surface area contributed by atoms with E-state index in [2.05, 4.69) is 21.7 Å². The van der Waals surface area contributed by atoms with Gasteiger partial charge in [-0.15, -0.1) is 0 Å². The number of amides is 2. The first-order valence-corrected chi connectivity index (χ1v) is 8.96. The molecule has 1 aromatic carbocycles. The zero-order valence-corrected chi connectivity index (χ0v) is 14.2. The SMILES string of the molecule is O=C(NCc1cccc(-c2ccccn2)c1)N[C@@H]1CCO[C@H]1C1CC1. The summed E-state index contributed by atoms with van der Waals surface area (Å²) in [5.74, 6) is 0.642. The van der Waals surface area contributed by atoms with E-state index in [1.54, 1.807) is 6.20 Å². The van der Waals surface area contributed by atoms with Crippen LogP contribution in [0.1, 0.15) is 24.8 Å². The molecular weight excluding hydrogens is 314 g/mol. The quantitative estimate of drug-likeness (QED) is 0.881. The van der Waals surface area contributed by atoms with E-state index >= 15 is 0 Å². The van der Waals surface area contributed by atoms with Crippen LogP contribution in [0, 0.1) is 5.92 Å². The van der Waals surface area contributed by atoms with Crippen LogP contribution < -0.4 is 10.6 Å². The number of rotatable bonds is 5. The largest absolute Gasteiger partial charge is 0.376 e. The summed E-state index contributed by atoms with van der Waals surface area (Å²) < 4.78 is 5.77. The van der Waals surface area contributed by atoms with E-state index in [9.17, 15) is 4.79 Å². The molecule has 2 atom stereocenters. The van der Waals surface area contributed by atoms with Crippen molar-refractivity contribution in [3.05, 3.63) is 54.2 Å².